The number of hydrogen-bond acceptors (Lipinski definition) is 3. The van der Waals surface area contributed by atoms with Crippen LogP contribution in [0, 0.1) is 11.8 Å². The van der Waals surface area contributed by atoms with Crippen LogP contribution in [0.4, 0.5) is 0 Å². The van der Waals surface area contributed by atoms with E-state index in [0.29, 0.717) is 18.6 Å². The summed E-state index contributed by atoms with van der Waals surface area (Å²) < 4.78 is 5.20. The number of benzene rings is 1. The second-order valence-corrected chi connectivity index (χ2v) is 5.33. The molecule has 1 aromatic rings. The molecule has 0 amide bonds. The molecule has 21 heavy (non-hydrogen) atoms. The van der Waals surface area contributed by atoms with E-state index in [9.17, 15) is 9.90 Å². The van der Waals surface area contributed by atoms with E-state index >= 15 is 0 Å². The molecule has 2 rings (SSSR count). The Morgan fingerprint density at radius 3 is 2.52 bits per heavy atom. The first kappa shape index (κ1) is 15.3. The Hall–Kier alpha value is -2.05. The number of ether oxygens (including phenoxy) is 1. The lowest BCUT2D eigenvalue weighted by Gasteiger charge is -2.26. The third-order valence-corrected chi connectivity index (χ3v) is 3.50. The Morgan fingerprint density at radius 1 is 1.24 bits per heavy atom. The molecule has 1 aliphatic rings. The van der Waals surface area contributed by atoms with Gasteiger partial charge in [0.25, 0.3) is 0 Å². The third kappa shape index (κ3) is 4.77. The lowest BCUT2D eigenvalue weighted by Crippen LogP contribution is -2.29. The second-order valence-electron chi connectivity index (χ2n) is 5.33. The maximum absolute atomic E-state index is 11.2. The zero-order chi connectivity index (χ0) is 15.1. The molecule has 0 saturated heterocycles. The van der Waals surface area contributed by atoms with Crippen molar-refractivity contribution >= 4 is 11.7 Å². The van der Waals surface area contributed by atoms with Crippen molar-refractivity contribution in [3.05, 3.63) is 42.0 Å². The van der Waals surface area contributed by atoms with Crippen molar-refractivity contribution < 1.29 is 14.6 Å². The van der Waals surface area contributed by atoms with Gasteiger partial charge in [-0.05, 0) is 25.7 Å². The molecule has 1 aliphatic carbocycles. The average Bonchev–Trinajstić information content (AvgIpc) is 2.47. The molecule has 110 valence electrons. The summed E-state index contributed by atoms with van der Waals surface area (Å²) in [4.78, 5) is 11.2. The van der Waals surface area contributed by atoms with E-state index in [-0.39, 0.29) is 5.97 Å². The van der Waals surface area contributed by atoms with Gasteiger partial charge in [0, 0.05) is 18.6 Å². The Balaban J connectivity index is 2.19. The van der Waals surface area contributed by atoms with Crippen LogP contribution in [0.15, 0.2) is 36.4 Å². The molecule has 1 aromatic carbocycles. The van der Waals surface area contributed by atoms with Crippen molar-refractivity contribution in [2.24, 2.45) is 0 Å². The molecule has 0 heterocycles. The molecule has 3 nitrogen and oxygen atoms in total. The van der Waals surface area contributed by atoms with Crippen molar-refractivity contribution in [1.29, 1.82) is 0 Å². The van der Waals surface area contributed by atoms with Gasteiger partial charge in [0.1, 0.15) is 11.4 Å². The molecule has 0 atom stereocenters. The number of hydrogen-bond donors (Lipinski definition) is 1. The van der Waals surface area contributed by atoms with Crippen molar-refractivity contribution in [3.63, 3.8) is 0 Å². The first-order valence-electron chi connectivity index (χ1n) is 7.28. The van der Waals surface area contributed by atoms with Crippen molar-refractivity contribution in [1.82, 2.24) is 0 Å². The highest BCUT2D eigenvalue weighted by Crippen LogP contribution is 2.27. The van der Waals surface area contributed by atoms with Crippen LogP contribution in [0.25, 0.3) is 5.76 Å². The Kier molecular flexibility index (Phi) is 5.19. The summed E-state index contributed by atoms with van der Waals surface area (Å²) in [7, 11) is 0. The maximum atomic E-state index is 11.2. The number of carbonyl (C=O) groups excluding carboxylic acids is 1. The Bertz CT molecular complexity index is 569. The van der Waals surface area contributed by atoms with E-state index in [4.69, 9.17) is 4.74 Å². The monoisotopic (exact) mass is 284 g/mol. The topological polar surface area (TPSA) is 46.5 Å². The van der Waals surface area contributed by atoms with E-state index in [2.05, 4.69) is 11.8 Å². The molecule has 0 aromatic heterocycles. The summed E-state index contributed by atoms with van der Waals surface area (Å²) in [5.41, 5.74) is -0.107. The summed E-state index contributed by atoms with van der Waals surface area (Å²) in [6.45, 7) is 1.36. The molecular formula is C18H20O3. The quantitative estimate of drug-likeness (QED) is 0.515. The van der Waals surface area contributed by atoms with E-state index in [1.165, 1.54) is 6.92 Å². The molecule has 1 N–H and O–H groups in total. The molecular weight excluding hydrogens is 264 g/mol. The van der Waals surface area contributed by atoms with Gasteiger partial charge >= 0.3 is 5.97 Å². The minimum absolute atomic E-state index is 0.386. The van der Waals surface area contributed by atoms with Crippen LogP contribution in [0.3, 0.4) is 0 Å². The summed E-state index contributed by atoms with van der Waals surface area (Å²) in [6.07, 6.45) is 6.14. The molecule has 0 spiro atoms. The van der Waals surface area contributed by atoms with Gasteiger partial charge in [0.2, 0.25) is 0 Å². The number of esters is 1. The fourth-order valence-corrected chi connectivity index (χ4v) is 2.43. The zero-order valence-corrected chi connectivity index (χ0v) is 12.3. The smallest absolute Gasteiger partial charge is 0.308 e. The van der Waals surface area contributed by atoms with Gasteiger partial charge in [0.15, 0.2) is 0 Å². The molecule has 0 bridgehead atoms. The van der Waals surface area contributed by atoms with E-state index < -0.39 is 5.60 Å². The molecule has 1 fully saturated rings. The van der Waals surface area contributed by atoms with Crippen LogP contribution in [-0.2, 0) is 9.53 Å². The predicted octanol–water partition coefficient (Wildman–Crippen LogP) is 3.29. The number of allylic oxidation sites excluding steroid dienone is 1. The molecule has 3 heteroatoms. The minimum Gasteiger partial charge on any atom is -0.425 e. The first-order valence-corrected chi connectivity index (χ1v) is 7.28. The lowest BCUT2D eigenvalue weighted by molar-refractivity contribution is -0.134. The normalized spacial score (nSPS) is 17.5. The fourth-order valence-electron chi connectivity index (χ4n) is 2.43. The lowest BCUT2D eigenvalue weighted by atomic mass is 9.85. The van der Waals surface area contributed by atoms with Crippen LogP contribution in [0.1, 0.15) is 44.6 Å². The second kappa shape index (κ2) is 7.10. The van der Waals surface area contributed by atoms with Crippen molar-refractivity contribution in [2.75, 3.05) is 0 Å². The van der Waals surface area contributed by atoms with E-state index in [0.717, 1.165) is 24.8 Å². The largest absolute Gasteiger partial charge is 0.425 e. The van der Waals surface area contributed by atoms with Gasteiger partial charge in [-0.3, -0.25) is 4.79 Å². The molecule has 1 saturated carbocycles. The van der Waals surface area contributed by atoms with Crippen LogP contribution < -0.4 is 0 Å². The van der Waals surface area contributed by atoms with Crippen molar-refractivity contribution in [2.45, 2.75) is 44.6 Å². The van der Waals surface area contributed by atoms with E-state index in [1.54, 1.807) is 6.08 Å². The van der Waals surface area contributed by atoms with Gasteiger partial charge in [-0.1, -0.05) is 48.6 Å². The highest BCUT2D eigenvalue weighted by molar-refractivity contribution is 5.77. The van der Waals surface area contributed by atoms with E-state index in [1.807, 2.05) is 30.3 Å². The Labute approximate surface area is 125 Å². The molecule has 0 aliphatic heterocycles. The summed E-state index contributed by atoms with van der Waals surface area (Å²) >= 11 is 0. The summed E-state index contributed by atoms with van der Waals surface area (Å²) in [6, 6.07) is 9.34. The highest BCUT2D eigenvalue weighted by Gasteiger charge is 2.26. The van der Waals surface area contributed by atoms with Crippen LogP contribution >= 0.6 is 0 Å². The van der Waals surface area contributed by atoms with Crippen LogP contribution in [0.2, 0.25) is 0 Å². The first-order chi connectivity index (χ1) is 10.1. The van der Waals surface area contributed by atoms with Gasteiger partial charge < -0.3 is 9.84 Å². The van der Waals surface area contributed by atoms with Gasteiger partial charge in [-0.15, -0.1) is 0 Å². The zero-order valence-electron chi connectivity index (χ0n) is 12.3. The molecule has 0 radical (unpaired) electrons. The minimum atomic E-state index is -0.896. The highest BCUT2D eigenvalue weighted by atomic mass is 16.5. The SMILES string of the molecule is CC(=O)O/C(=C\C#CC1(O)CCCCC1)c1ccccc1. The number of aliphatic hydroxyl groups is 1. The van der Waals surface area contributed by atoms with Gasteiger partial charge in [-0.2, -0.15) is 0 Å². The standard InChI is InChI=1S/C18H20O3/c1-15(19)21-17(16-9-4-2-5-10-16)11-8-14-18(20)12-6-3-7-13-18/h2,4-5,9-11,20H,3,6-7,12-13H2,1H3/b17-11-. The van der Waals surface area contributed by atoms with Crippen LogP contribution in [0.5, 0.6) is 0 Å². The fraction of sp³-hybridized carbons (Fsp3) is 0.389. The van der Waals surface area contributed by atoms with Crippen molar-refractivity contribution in [3.8, 4) is 11.8 Å². The summed E-state index contributed by atoms with van der Waals surface area (Å²) in [5, 5.41) is 10.3. The predicted molar refractivity (Wildman–Crippen MR) is 82.0 cm³/mol. The maximum Gasteiger partial charge on any atom is 0.308 e. The number of carbonyl (C=O) groups is 1. The third-order valence-electron chi connectivity index (χ3n) is 3.50. The summed E-state index contributed by atoms with van der Waals surface area (Å²) in [5.74, 6) is 5.80. The van der Waals surface area contributed by atoms with Crippen LogP contribution in [-0.4, -0.2) is 16.7 Å². The van der Waals surface area contributed by atoms with Gasteiger partial charge in [-0.25, -0.2) is 0 Å². The molecule has 0 unspecified atom stereocenters. The van der Waals surface area contributed by atoms with Gasteiger partial charge in [0.05, 0.1) is 0 Å². The Morgan fingerprint density at radius 2 is 1.90 bits per heavy atom. The average molecular weight is 284 g/mol. The number of rotatable bonds is 2.